The highest BCUT2D eigenvalue weighted by Gasteiger charge is 2.22. The van der Waals surface area contributed by atoms with E-state index < -0.39 is 22.0 Å². The van der Waals surface area contributed by atoms with Gasteiger partial charge in [0.15, 0.2) is 5.43 Å². The number of fused-ring (bicyclic) bond motifs is 1. The number of nitro groups is 1. The molecule has 0 N–H and O–H groups in total. The predicted octanol–water partition coefficient (Wildman–Crippen LogP) is 1.89. The third kappa shape index (κ3) is 2.69. The number of hydrogen-bond donors (Lipinski definition) is 0. The van der Waals surface area contributed by atoms with Crippen molar-refractivity contribution in [3.05, 3.63) is 44.3 Å². The zero-order valence-corrected chi connectivity index (χ0v) is 11.2. The Bertz CT molecular complexity index is 778. The quantitative estimate of drug-likeness (QED) is 0.481. The van der Waals surface area contributed by atoms with Gasteiger partial charge in [0.25, 0.3) is 0 Å². The van der Waals surface area contributed by atoms with E-state index in [1.165, 1.54) is 13.2 Å². The Kier molecular flexibility index (Phi) is 3.88. The van der Waals surface area contributed by atoms with Gasteiger partial charge in [-0.15, -0.1) is 0 Å². The Morgan fingerprint density at radius 1 is 1.38 bits per heavy atom. The van der Waals surface area contributed by atoms with E-state index >= 15 is 0 Å². The van der Waals surface area contributed by atoms with E-state index in [1.807, 2.05) is 0 Å². The van der Waals surface area contributed by atoms with Crippen LogP contribution in [0, 0.1) is 10.1 Å². The smallest absolute Gasteiger partial charge is 0.374 e. The summed E-state index contributed by atoms with van der Waals surface area (Å²) in [6, 6.07) is 3.35. The summed E-state index contributed by atoms with van der Waals surface area (Å²) in [7, 11) is 1.32. The molecule has 0 aliphatic rings. The molecule has 0 aliphatic heterocycles. The van der Waals surface area contributed by atoms with Crippen molar-refractivity contribution in [1.82, 2.24) is 0 Å². The van der Waals surface area contributed by atoms with Crippen LogP contribution in [-0.4, -0.2) is 24.6 Å². The van der Waals surface area contributed by atoms with Crippen LogP contribution in [0.15, 0.2) is 27.4 Å². The minimum absolute atomic E-state index is 0.0471. The number of esters is 1. The number of non-ortho nitro benzene ring substituents is 1. The third-order valence-electron chi connectivity index (χ3n) is 2.69. The fraction of sp³-hybridized carbons (Fsp3) is 0.231. The summed E-state index contributed by atoms with van der Waals surface area (Å²) in [6.45, 7) is 1.68. The zero-order chi connectivity index (χ0) is 15.6. The maximum atomic E-state index is 12.0. The number of nitro benzene ring substituents is 1. The van der Waals surface area contributed by atoms with Crippen LogP contribution in [-0.2, 0) is 4.74 Å². The lowest BCUT2D eigenvalue weighted by atomic mass is 10.2. The molecule has 0 spiro atoms. The molecule has 2 rings (SSSR count). The predicted molar refractivity (Wildman–Crippen MR) is 71.6 cm³/mol. The number of ether oxygens (including phenoxy) is 2. The lowest BCUT2D eigenvalue weighted by Gasteiger charge is -2.05. The molecule has 0 radical (unpaired) electrons. The van der Waals surface area contributed by atoms with Gasteiger partial charge in [0.2, 0.25) is 11.3 Å². The number of benzene rings is 1. The number of hydrogen-bond acceptors (Lipinski definition) is 7. The van der Waals surface area contributed by atoms with Crippen molar-refractivity contribution in [2.45, 2.75) is 6.92 Å². The topological polar surface area (TPSA) is 109 Å². The minimum Gasteiger partial charge on any atom is -0.496 e. The van der Waals surface area contributed by atoms with Crippen molar-refractivity contribution >= 4 is 22.6 Å². The third-order valence-corrected chi connectivity index (χ3v) is 2.69. The van der Waals surface area contributed by atoms with Gasteiger partial charge in [-0.1, -0.05) is 0 Å². The highest BCUT2D eigenvalue weighted by Crippen LogP contribution is 2.30. The summed E-state index contributed by atoms with van der Waals surface area (Å²) in [5.74, 6) is -1.10. The van der Waals surface area contributed by atoms with Crippen molar-refractivity contribution in [1.29, 1.82) is 0 Å². The fourth-order valence-electron chi connectivity index (χ4n) is 1.77. The number of nitrogens with zero attached hydrogens (tertiary/aromatic N) is 1. The normalized spacial score (nSPS) is 10.4. The van der Waals surface area contributed by atoms with Crippen molar-refractivity contribution in [3.63, 3.8) is 0 Å². The second-order valence-corrected chi connectivity index (χ2v) is 3.98. The SMILES string of the molecule is CCOC(=O)c1cc(=O)c2cc(OC)cc([N+](=O)[O-])c2o1. The van der Waals surface area contributed by atoms with Crippen molar-refractivity contribution in [2.75, 3.05) is 13.7 Å². The second kappa shape index (κ2) is 5.61. The number of carbonyl (C=O) groups is 1. The summed E-state index contributed by atoms with van der Waals surface area (Å²) in [6.07, 6.45) is 0. The zero-order valence-electron chi connectivity index (χ0n) is 11.2. The van der Waals surface area contributed by atoms with Crippen LogP contribution in [0.25, 0.3) is 11.0 Å². The molecule has 0 atom stereocenters. The molecule has 1 heterocycles. The van der Waals surface area contributed by atoms with Gasteiger partial charge in [0, 0.05) is 6.07 Å². The van der Waals surface area contributed by atoms with Gasteiger partial charge in [0.05, 0.1) is 30.1 Å². The van der Waals surface area contributed by atoms with Crippen LogP contribution in [0.4, 0.5) is 5.69 Å². The molecule has 0 amide bonds. The molecule has 2 aromatic rings. The standard InChI is InChI=1S/C13H11NO7/c1-3-20-13(16)11-6-10(15)8-4-7(19-2)5-9(14(17)18)12(8)21-11/h4-6H,3H2,1-2H3. The van der Waals surface area contributed by atoms with Crippen LogP contribution in [0.1, 0.15) is 17.5 Å². The van der Waals surface area contributed by atoms with Gasteiger partial charge < -0.3 is 13.9 Å². The van der Waals surface area contributed by atoms with Gasteiger partial charge in [0.1, 0.15) is 5.75 Å². The van der Waals surface area contributed by atoms with E-state index in [0.29, 0.717) is 0 Å². The molecule has 0 fully saturated rings. The molecule has 8 nitrogen and oxygen atoms in total. The van der Waals surface area contributed by atoms with E-state index in [4.69, 9.17) is 13.9 Å². The lowest BCUT2D eigenvalue weighted by Crippen LogP contribution is -2.10. The maximum absolute atomic E-state index is 12.0. The molecule has 1 aromatic carbocycles. The first kappa shape index (κ1) is 14.5. The van der Waals surface area contributed by atoms with Gasteiger partial charge >= 0.3 is 11.7 Å². The van der Waals surface area contributed by atoms with E-state index in [-0.39, 0.29) is 29.1 Å². The first-order chi connectivity index (χ1) is 9.97. The number of rotatable bonds is 4. The molecule has 1 aromatic heterocycles. The number of carbonyl (C=O) groups excluding carboxylic acids is 1. The molecular formula is C13H11NO7. The van der Waals surface area contributed by atoms with Crippen LogP contribution >= 0.6 is 0 Å². The van der Waals surface area contributed by atoms with E-state index in [1.54, 1.807) is 6.92 Å². The van der Waals surface area contributed by atoms with Gasteiger partial charge in [-0.3, -0.25) is 14.9 Å². The Morgan fingerprint density at radius 2 is 2.10 bits per heavy atom. The molecule has 0 unspecified atom stereocenters. The average Bonchev–Trinajstić information content (AvgIpc) is 2.46. The molecular weight excluding hydrogens is 282 g/mol. The fourth-order valence-corrected chi connectivity index (χ4v) is 1.77. The van der Waals surface area contributed by atoms with E-state index in [0.717, 1.165) is 12.1 Å². The average molecular weight is 293 g/mol. The highest BCUT2D eigenvalue weighted by atomic mass is 16.6. The van der Waals surface area contributed by atoms with Gasteiger partial charge in [-0.2, -0.15) is 0 Å². The van der Waals surface area contributed by atoms with Crippen molar-refractivity contribution in [2.24, 2.45) is 0 Å². The first-order valence-corrected chi connectivity index (χ1v) is 5.95. The summed E-state index contributed by atoms with van der Waals surface area (Å²) in [5.41, 5.74) is -1.36. The number of methoxy groups -OCH3 is 1. The molecule has 0 saturated carbocycles. The maximum Gasteiger partial charge on any atom is 0.374 e. The second-order valence-electron chi connectivity index (χ2n) is 3.98. The Morgan fingerprint density at radius 3 is 2.67 bits per heavy atom. The monoisotopic (exact) mass is 293 g/mol. The summed E-state index contributed by atoms with van der Waals surface area (Å²) in [5, 5.41) is 11.0. The summed E-state index contributed by atoms with van der Waals surface area (Å²) in [4.78, 5) is 34.0. The lowest BCUT2D eigenvalue weighted by molar-refractivity contribution is -0.383. The Hall–Kier alpha value is -2.90. The van der Waals surface area contributed by atoms with Gasteiger partial charge in [-0.05, 0) is 13.0 Å². The summed E-state index contributed by atoms with van der Waals surface area (Å²) >= 11 is 0. The first-order valence-electron chi connectivity index (χ1n) is 5.95. The Balaban J connectivity index is 2.78. The molecule has 0 aliphatic carbocycles. The van der Waals surface area contributed by atoms with Crippen molar-refractivity contribution < 1.29 is 23.6 Å². The minimum atomic E-state index is -0.860. The molecule has 0 saturated heterocycles. The molecule has 0 bridgehead atoms. The molecule has 8 heteroatoms. The van der Waals surface area contributed by atoms with Crippen LogP contribution in [0.2, 0.25) is 0 Å². The van der Waals surface area contributed by atoms with Crippen LogP contribution < -0.4 is 10.2 Å². The van der Waals surface area contributed by atoms with Crippen LogP contribution in [0.5, 0.6) is 5.75 Å². The molecule has 21 heavy (non-hydrogen) atoms. The van der Waals surface area contributed by atoms with E-state index in [9.17, 15) is 19.7 Å². The van der Waals surface area contributed by atoms with E-state index in [2.05, 4.69) is 0 Å². The van der Waals surface area contributed by atoms with Gasteiger partial charge in [-0.25, -0.2) is 4.79 Å². The van der Waals surface area contributed by atoms with Crippen LogP contribution in [0.3, 0.4) is 0 Å². The molecule has 110 valence electrons. The summed E-state index contributed by atoms with van der Waals surface area (Å²) < 4.78 is 14.8. The largest absolute Gasteiger partial charge is 0.496 e. The van der Waals surface area contributed by atoms with Crippen molar-refractivity contribution in [3.8, 4) is 5.75 Å². The highest BCUT2D eigenvalue weighted by molar-refractivity contribution is 5.92. The Labute approximate surface area is 118 Å².